The first-order chi connectivity index (χ1) is 8.99. The monoisotopic (exact) mass is 269 g/mol. The molecule has 0 heterocycles. The molecule has 0 radical (unpaired) electrons. The van der Waals surface area contributed by atoms with Crippen LogP contribution in [-0.2, 0) is 0 Å². The number of aliphatic imine (C=N–C) groups is 1. The fraction of sp³-hybridized carbons (Fsp3) is 0.562. The van der Waals surface area contributed by atoms with Gasteiger partial charge in [-0.15, -0.1) is 6.07 Å². The molecule has 0 bridgehead atoms. The zero-order chi connectivity index (χ0) is 14.4. The summed E-state index contributed by atoms with van der Waals surface area (Å²) in [4.78, 5) is 4.69. The van der Waals surface area contributed by atoms with Crippen molar-refractivity contribution in [2.45, 2.75) is 33.7 Å². The maximum absolute atomic E-state index is 5.32. The molecule has 0 N–H and O–H groups in total. The van der Waals surface area contributed by atoms with E-state index in [1.165, 1.54) is 0 Å². The van der Waals surface area contributed by atoms with Crippen molar-refractivity contribution in [2.75, 3.05) is 14.2 Å². The summed E-state index contributed by atoms with van der Waals surface area (Å²) in [5.41, 5.74) is 0.827. The molecule has 0 aliphatic heterocycles. The Labute approximate surface area is 135 Å². The third-order valence-electron chi connectivity index (χ3n) is 3.09. The molecule has 1 aromatic rings. The molecule has 1 rings (SSSR count). The van der Waals surface area contributed by atoms with E-state index < -0.39 is 0 Å². The number of hydrogen-bond donors (Lipinski definition) is 0. The molecule has 20 heavy (non-hydrogen) atoms. The minimum absolute atomic E-state index is 0. The first-order valence-electron chi connectivity index (χ1n) is 6.67. The summed E-state index contributed by atoms with van der Waals surface area (Å²) in [7, 11) is 3.28. The predicted molar refractivity (Wildman–Crippen MR) is 79.4 cm³/mol. The summed E-state index contributed by atoms with van der Waals surface area (Å²) in [6.07, 6.45) is 1.84. The van der Waals surface area contributed by atoms with Crippen LogP contribution < -0.4 is 28.3 Å². The first kappa shape index (κ1) is 19.1. The fourth-order valence-electron chi connectivity index (χ4n) is 2.14. The van der Waals surface area contributed by atoms with Gasteiger partial charge in [0, 0.05) is 17.5 Å². The molecule has 0 unspecified atom stereocenters. The van der Waals surface area contributed by atoms with Crippen LogP contribution in [0.5, 0.6) is 11.5 Å². The van der Waals surface area contributed by atoms with Crippen molar-refractivity contribution in [1.82, 2.24) is 0 Å². The minimum atomic E-state index is 0. The molecule has 0 spiro atoms. The van der Waals surface area contributed by atoms with Gasteiger partial charge in [-0.25, -0.2) is 0 Å². The van der Waals surface area contributed by atoms with E-state index in [4.69, 9.17) is 9.47 Å². The molecule has 0 aromatic heterocycles. The van der Waals surface area contributed by atoms with Crippen LogP contribution in [0.25, 0.3) is 0 Å². The van der Waals surface area contributed by atoms with Crippen molar-refractivity contribution in [3.05, 3.63) is 23.8 Å². The van der Waals surface area contributed by atoms with Gasteiger partial charge in [-0.2, -0.15) is 0 Å². The second kappa shape index (κ2) is 9.10. The van der Waals surface area contributed by atoms with E-state index in [-0.39, 0.29) is 18.9 Å². The number of hydrogen-bond acceptors (Lipinski definition) is 3. The van der Waals surface area contributed by atoms with E-state index in [0.717, 1.165) is 11.3 Å². The first-order valence-corrected chi connectivity index (χ1v) is 6.67. The standard InChI is InChI=1S/C16H24NO2.Li/c1-11(2)16(12(3)4)17-10-13-9-14(18-5)7-8-15(13)19-6;/h7-8,10-12,16H,1-6H3;/q-1;+1. The van der Waals surface area contributed by atoms with Gasteiger partial charge in [0.25, 0.3) is 0 Å². The summed E-state index contributed by atoms with van der Waals surface area (Å²) < 4.78 is 10.5. The zero-order valence-corrected chi connectivity index (χ0v) is 13.7. The Morgan fingerprint density at radius 1 is 1.05 bits per heavy atom. The van der Waals surface area contributed by atoms with Gasteiger partial charge in [0.15, 0.2) is 0 Å². The van der Waals surface area contributed by atoms with Gasteiger partial charge >= 0.3 is 18.9 Å². The maximum Gasteiger partial charge on any atom is 1.00 e. The number of nitrogens with zero attached hydrogens (tertiary/aromatic N) is 1. The molecular formula is C16H24LiNO2. The Balaban J connectivity index is 0.00000361. The van der Waals surface area contributed by atoms with Gasteiger partial charge < -0.3 is 14.5 Å². The Kier molecular flexibility index (Phi) is 8.69. The van der Waals surface area contributed by atoms with Crippen molar-refractivity contribution in [3.63, 3.8) is 0 Å². The smallest absolute Gasteiger partial charge is 0.540 e. The Hall–Kier alpha value is -0.913. The average Bonchev–Trinajstić information content (AvgIpc) is 2.37. The minimum Gasteiger partial charge on any atom is -0.540 e. The van der Waals surface area contributed by atoms with E-state index in [2.05, 4.69) is 38.8 Å². The van der Waals surface area contributed by atoms with Gasteiger partial charge in [-0.1, -0.05) is 45.4 Å². The van der Waals surface area contributed by atoms with Gasteiger partial charge in [0.05, 0.1) is 14.2 Å². The van der Waals surface area contributed by atoms with Gasteiger partial charge in [-0.05, 0) is 18.1 Å². The second-order valence-electron chi connectivity index (χ2n) is 5.27. The van der Waals surface area contributed by atoms with Crippen LogP contribution >= 0.6 is 0 Å². The molecule has 0 amide bonds. The maximum atomic E-state index is 5.32. The van der Waals surface area contributed by atoms with E-state index in [0.29, 0.717) is 23.6 Å². The molecule has 0 fully saturated rings. The summed E-state index contributed by atoms with van der Waals surface area (Å²) in [5.74, 6) is 2.46. The Morgan fingerprint density at radius 2 is 1.65 bits per heavy atom. The topological polar surface area (TPSA) is 30.8 Å². The molecule has 0 aliphatic rings. The molecule has 106 valence electrons. The molecule has 0 aliphatic carbocycles. The largest absolute Gasteiger partial charge is 1.00 e. The summed E-state index contributed by atoms with van der Waals surface area (Å²) >= 11 is 0. The van der Waals surface area contributed by atoms with E-state index in [9.17, 15) is 0 Å². The van der Waals surface area contributed by atoms with Gasteiger partial charge in [-0.3, -0.25) is 0 Å². The van der Waals surface area contributed by atoms with E-state index >= 15 is 0 Å². The van der Waals surface area contributed by atoms with Crippen molar-refractivity contribution in [1.29, 1.82) is 0 Å². The van der Waals surface area contributed by atoms with Crippen LogP contribution in [0.1, 0.15) is 33.3 Å². The van der Waals surface area contributed by atoms with Crippen LogP contribution in [-0.4, -0.2) is 26.5 Å². The van der Waals surface area contributed by atoms with Crippen molar-refractivity contribution in [3.8, 4) is 11.5 Å². The number of rotatable bonds is 6. The van der Waals surface area contributed by atoms with E-state index in [1.54, 1.807) is 14.2 Å². The second-order valence-corrected chi connectivity index (χ2v) is 5.27. The molecule has 1 aromatic carbocycles. The van der Waals surface area contributed by atoms with Gasteiger partial charge in [0.1, 0.15) is 0 Å². The molecule has 0 atom stereocenters. The quantitative estimate of drug-likeness (QED) is 0.430. The number of ether oxygens (including phenoxy) is 2. The Morgan fingerprint density at radius 3 is 2.10 bits per heavy atom. The molecule has 0 saturated carbocycles. The van der Waals surface area contributed by atoms with Crippen LogP contribution in [0, 0.1) is 17.9 Å². The normalized spacial score (nSPS) is 11.2. The third-order valence-corrected chi connectivity index (χ3v) is 3.09. The van der Waals surface area contributed by atoms with Crippen LogP contribution in [0.4, 0.5) is 0 Å². The van der Waals surface area contributed by atoms with Gasteiger partial charge in [0.2, 0.25) is 0 Å². The van der Waals surface area contributed by atoms with Crippen molar-refractivity contribution >= 4 is 6.21 Å². The summed E-state index contributed by atoms with van der Waals surface area (Å²) in [6.45, 7) is 8.76. The summed E-state index contributed by atoms with van der Waals surface area (Å²) in [6, 6.07) is 7.15. The molecular weight excluding hydrogens is 245 g/mol. The summed E-state index contributed by atoms with van der Waals surface area (Å²) in [5, 5.41) is 0. The number of methoxy groups -OCH3 is 2. The molecule has 3 nitrogen and oxygen atoms in total. The predicted octanol–water partition coefficient (Wildman–Crippen LogP) is 0.607. The zero-order valence-electron chi connectivity index (χ0n) is 13.7. The van der Waals surface area contributed by atoms with Crippen LogP contribution in [0.3, 0.4) is 0 Å². The van der Waals surface area contributed by atoms with E-state index in [1.807, 2.05) is 18.3 Å². The Bertz CT molecular complexity index is 422. The molecule has 4 heteroatoms. The number of benzene rings is 1. The SMILES string of the molecule is COc1[c-]c(C=NC(C(C)C)C(C)C)c(OC)cc1.[Li+]. The average molecular weight is 269 g/mol. The van der Waals surface area contributed by atoms with Crippen LogP contribution in [0.15, 0.2) is 17.1 Å². The van der Waals surface area contributed by atoms with Crippen molar-refractivity contribution < 1.29 is 28.3 Å². The van der Waals surface area contributed by atoms with Crippen LogP contribution in [0.2, 0.25) is 0 Å². The molecule has 0 saturated heterocycles. The van der Waals surface area contributed by atoms with Crippen molar-refractivity contribution in [2.24, 2.45) is 16.8 Å². The fourth-order valence-corrected chi connectivity index (χ4v) is 2.14. The third kappa shape index (κ3) is 5.23.